The lowest BCUT2D eigenvalue weighted by Gasteiger charge is -2.18. The van der Waals surface area contributed by atoms with Crippen molar-refractivity contribution in [2.75, 3.05) is 6.61 Å². The SMILES string of the molecule is CCOc1cc(CNC(C)CCc2ccccc2)cc(Cl)c1OCc1c(Cl)cccc1Cl. The molecule has 1 atom stereocenters. The van der Waals surface area contributed by atoms with Crippen molar-refractivity contribution in [3.63, 3.8) is 0 Å². The minimum absolute atomic E-state index is 0.201. The summed E-state index contributed by atoms with van der Waals surface area (Å²) >= 11 is 19.1. The Morgan fingerprint density at radius 1 is 0.844 bits per heavy atom. The van der Waals surface area contributed by atoms with Gasteiger partial charge in [0, 0.05) is 28.2 Å². The molecule has 3 nitrogen and oxygen atoms in total. The molecule has 0 amide bonds. The number of halogens is 3. The fraction of sp³-hybridized carbons (Fsp3) is 0.308. The first-order valence-corrected chi connectivity index (χ1v) is 11.9. The first kappa shape index (κ1) is 24.7. The van der Waals surface area contributed by atoms with Crippen molar-refractivity contribution >= 4 is 34.8 Å². The smallest absolute Gasteiger partial charge is 0.180 e. The predicted molar refractivity (Wildman–Crippen MR) is 134 cm³/mol. The lowest BCUT2D eigenvalue weighted by molar-refractivity contribution is 0.269. The van der Waals surface area contributed by atoms with Crippen LogP contribution in [0.2, 0.25) is 15.1 Å². The number of hydrogen-bond donors (Lipinski definition) is 1. The number of rotatable bonds is 11. The fourth-order valence-corrected chi connectivity index (χ4v) is 4.16. The van der Waals surface area contributed by atoms with Gasteiger partial charge < -0.3 is 14.8 Å². The van der Waals surface area contributed by atoms with Gasteiger partial charge in [-0.15, -0.1) is 0 Å². The van der Waals surface area contributed by atoms with E-state index in [-0.39, 0.29) is 6.61 Å². The number of ether oxygens (including phenoxy) is 2. The molecule has 0 aromatic heterocycles. The summed E-state index contributed by atoms with van der Waals surface area (Å²) in [6, 6.07) is 20.1. The van der Waals surface area contributed by atoms with Crippen molar-refractivity contribution in [2.24, 2.45) is 0 Å². The van der Waals surface area contributed by atoms with Crippen LogP contribution in [-0.2, 0) is 19.6 Å². The molecule has 0 aliphatic rings. The zero-order chi connectivity index (χ0) is 22.9. The van der Waals surface area contributed by atoms with Gasteiger partial charge in [0.1, 0.15) is 6.61 Å². The Morgan fingerprint density at radius 2 is 1.56 bits per heavy atom. The summed E-state index contributed by atoms with van der Waals surface area (Å²) in [5.41, 5.74) is 3.10. The highest BCUT2D eigenvalue weighted by atomic mass is 35.5. The second-order valence-electron chi connectivity index (χ2n) is 7.63. The monoisotopic (exact) mass is 491 g/mol. The molecule has 0 spiro atoms. The number of aryl methyl sites for hydroxylation is 1. The third-order valence-corrected chi connectivity index (χ3v) is 6.14. The lowest BCUT2D eigenvalue weighted by atomic mass is 10.1. The lowest BCUT2D eigenvalue weighted by Crippen LogP contribution is -2.26. The van der Waals surface area contributed by atoms with Crippen molar-refractivity contribution in [3.05, 3.63) is 92.4 Å². The Bertz CT molecular complexity index is 991. The van der Waals surface area contributed by atoms with Crippen LogP contribution in [0.3, 0.4) is 0 Å². The molecule has 3 rings (SSSR count). The van der Waals surface area contributed by atoms with E-state index in [1.165, 1.54) is 5.56 Å². The molecule has 0 saturated carbocycles. The maximum atomic E-state index is 6.57. The van der Waals surface area contributed by atoms with Gasteiger partial charge in [0.15, 0.2) is 11.5 Å². The predicted octanol–water partition coefficient (Wildman–Crippen LogP) is 7.74. The molecule has 3 aromatic rings. The Labute approximate surface area is 205 Å². The average molecular weight is 493 g/mol. The van der Waals surface area contributed by atoms with Gasteiger partial charge in [0.05, 0.1) is 11.6 Å². The topological polar surface area (TPSA) is 30.5 Å². The molecule has 6 heteroatoms. The van der Waals surface area contributed by atoms with Crippen LogP contribution in [0.1, 0.15) is 37.0 Å². The molecular weight excluding hydrogens is 465 g/mol. The van der Waals surface area contributed by atoms with Gasteiger partial charge in [0.2, 0.25) is 0 Å². The summed E-state index contributed by atoms with van der Waals surface area (Å²) in [7, 11) is 0. The van der Waals surface area contributed by atoms with Gasteiger partial charge in [0.25, 0.3) is 0 Å². The molecule has 170 valence electrons. The second kappa shape index (κ2) is 12.4. The van der Waals surface area contributed by atoms with E-state index in [9.17, 15) is 0 Å². The highest BCUT2D eigenvalue weighted by Crippen LogP contribution is 2.38. The highest BCUT2D eigenvalue weighted by Gasteiger charge is 2.15. The summed E-state index contributed by atoms with van der Waals surface area (Å²) in [6.07, 6.45) is 2.09. The summed E-state index contributed by atoms with van der Waals surface area (Å²) in [5, 5.41) is 5.17. The van der Waals surface area contributed by atoms with Crippen LogP contribution >= 0.6 is 34.8 Å². The highest BCUT2D eigenvalue weighted by molar-refractivity contribution is 6.36. The quantitative estimate of drug-likeness (QED) is 0.297. The molecule has 0 saturated heterocycles. The van der Waals surface area contributed by atoms with Gasteiger partial charge in [-0.2, -0.15) is 0 Å². The van der Waals surface area contributed by atoms with Gasteiger partial charge in [-0.05, 0) is 62.1 Å². The second-order valence-corrected chi connectivity index (χ2v) is 8.85. The Balaban J connectivity index is 1.64. The Hall–Kier alpha value is -1.91. The maximum absolute atomic E-state index is 6.57. The third-order valence-electron chi connectivity index (χ3n) is 5.16. The summed E-state index contributed by atoms with van der Waals surface area (Å²) in [5.74, 6) is 1.10. The van der Waals surface area contributed by atoms with Crippen LogP contribution in [-0.4, -0.2) is 12.6 Å². The van der Waals surface area contributed by atoms with E-state index in [0.717, 1.165) is 18.4 Å². The molecule has 3 aromatic carbocycles. The maximum Gasteiger partial charge on any atom is 0.180 e. The zero-order valence-electron chi connectivity index (χ0n) is 18.3. The van der Waals surface area contributed by atoms with Gasteiger partial charge in [-0.25, -0.2) is 0 Å². The molecule has 1 unspecified atom stereocenters. The molecule has 0 radical (unpaired) electrons. The Kier molecular flexibility index (Phi) is 9.55. The van der Waals surface area contributed by atoms with E-state index < -0.39 is 0 Å². The molecule has 0 bridgehead atoms. The van der Waals surface area contributed by atoms with Gasteiger partial charge in [-0.1, -0.05) is 71.2 Å². The van der Waals surface area contributed by atoms with Gasteiger partial charge >= 0.3 is 0 Å². The van der Waals surface area contributed by atoms with E-state index in [1.807, 2.05) is 25.1 Å². The van der Waals surface area contributed by atoms with E-state index in [2.05, 4.69) is 36.5 Å². The van der Waals surface area contributed by atoms with Crippen LogP contribution in [0.4, 0.5) is 0 Å². The first-order chi connectivity index (χ1) is 15.5. The summed E-state index contributed by atoms with van der Waals surface area (Å²) < 4.78 is 11.8. The van der Waals surface area contributed by atoms with Crippen molar-refractivity contribution in [3.8, 4) is 11.5 Å². The summed E-state index contributed by atoms with van der Waals surface area (Å²) in [6.45, 7) is 5.51. The van der Waals surface area contributed by atoms with Crippen molar-refractivity contribution < 1.29 is 9.47 Å². The zero-order valence-corrected chi connectivity index (χ0v) is 20.6. The van der Waals surface area contributed by atoms with E-state index in [4.69, 9.17) is 44.3 Å². The number of nitrogens with one attached hydrogen (secondary N) is 1. The first-order valence-electron chi connectivity index (χ1n) is 10.8. The largest absolute Gasteiger partial charge is 0.490 e. The summed E-state index contributed by atoms with van der Waals surface area (Å²) in [4.78, 5) is 0. The normalized spacial score (nSPS) is 11.9. The third kappa shape index (κ3) is 7.05. The molecule has 0 heterocycles. The van der Waals surface area contributed by atoms with Crippen molar-refractivity contribution in [1.29, 1.82) is 0 Å². The molecule has 0 aliphatic heterocycles. The molecule has 1 N–H and O–H groups in total. The van der Waals surface area contributed by atoms with Crippen LogP contribution in [0.5, 0.6) is 11.5 Å². The van der Waals surface area contributed by atoms with Crippen LogP contribution in [0, 0.1) is 0 Å². The van der Waals surface area contributed by atoms with E-state index in [1.54, 1.807) is 18.2 Å². The molecule has 0 aliphatic carbocycles. The van der Waals surface area contributed by atoms with Crippen molar-refractivity contribution in [1.82, 2.24) is 5.32 Å². The van der Waals surface area contributed by atoms with Gasteiger partial charge in [-0.3, -0.25) is 0 Å². The number of benzene rings is 3. The minimum atomic E-state index is 0.201. The fourth-order valence-electron chi connectivity index (χ4n) is 3.36. The van der Waals surface area contributed by atoms with Crippen molar-refractivity contribution in [2.45, 2.75) is 45.9 Å². The molecular formula is C26H28Cl3NO2. The van der Waals surface area contributed by atoms with Crippen LogP contribution in [0.25, 0.3) is 0 Å². The molecule has 32 heavy (non-hydrogen) atoms. The van der Waals surface area contributed by atoms with E-state index in [0.29, 0.717) is 51.3 Å². The van der Waals surface area contributed by atoms with Crippen LogP contribution in [0.15, 0.2) is 60.7 Å². The van der Waals surface area contributed by atoms with Crippen LogP contribution < -0.4 is 14.8 Å². The average Bonchev–Trinajstić information content (AvgIpc) is 2.78. The Morgan fingerprint density at radius 3 is 2.25 bits per heavy atom. The van der Waals surface area contributed by atoms with E-state index >= 15 is 0 Å². The standard InChI is InChI=1S/C26H28Cl3NO2/c1-3-31-25-15-20(16-30-18(2)12-13-19-8-5-4-6-9-19)14-24(29)26(25)32-17-21-22(27)10-7-11-23(21)28/h4-11,14-15,18,30H,3,12-13,16-17H2,1-2H3. The minimum Gasteiger partial charge on any atom is -0.490 e. The molecule has 0 fully saturated rings. The number of hydrogen-bond acceptors (Lipinski definition) is 3.